The molecule has 1 aromatic carbocycles. The molecule has 1 rings (SSSR count). The third kappa shape index (κ3) is 6.56. The number of esters is 1. The molecule has 0 saturated heterocycles. The first-order valence-electron chi connectivity index (χ1n) is 6.66. The number of carbonyl (C=O) groups excluding carboxylic acids is 3. The van der Waals surface area contributed by atoms with Crippen LogP contribution in [0.2, 0.25) is 0 Å². The molecule has 0 heterocycles. The number of alkyl carbamates (subject to hydrolysis) is 1. The van der Waals surface area contributed by atoms with Crippen molar-refractivity contribution in [2.45, 2.75) is 31.9 Å². The van der Waals surface area contributed by atoms with Gasteiger partial charge in [0.2, 0.25) is 0 Å². The SMILES string of the molecule is COC(=O)[C@H](CCCC=O)NC(=O)OCc1ccccc1. The summed E-state index contributed by atoms with van der Waals surface area (Å²) in [5.74, 6) is -0.558. The predicted octanol–water partition coefficient (Wildman–Crippen LogP) is 1.82. The maximum atomic E-state index is 11.7. The second-order valence-corrected chi connectivity index (χ2v) is 4.38. The summed E-state index contributed by atoms with van der Waals surface area (Å²) < 4.78 is 9.64. The molecule has 1 N–H and O–H groups in total. The van der Waals surface area contributed by atoms with E-state index in [1.807, 2.05) is 30.3 Å². The second-order valence-electron chi connectivity index (χ2n) is 4.38. The Kier molecular flexibility index (Phi) is 7.56. The highest BCUT2D eigenvalue weighted by Crippen LogP contribution is 2.04. The van der Waals surface area contributed by atoms with Crippen LogP contribution in [0.4, 0.5) is 4.79 Å². The average molecular weight is 293 g/mol. The third-order valence-electron chi connectivity index (χ3n) is 2.81. The van der Waals surface area contributed by atoms with Crippen molar-refractivity contribution in [1.29, 1.82) is 0 Å². The van der Waals surface area contributed by atoms with Crippen LogP contribution in [0.15, 0.2) is 30.3 Å². The van der Waals surface area contributed by atoms with Gasteiger partial charge in [-0.1, -0.05) is 30.3 Å². The minimum absolute atomic E-state index is 0.120. The van der Waals surface area contributed by atoms with E-state index < -0.39 is 18.1 Å². The van der Waals surface area contributed by atoms with Crippen molar-refractivity contribution in [2.24, 2.45) is 0 Å². The van der Waals surface area contributed by atoms with Crippen molar-refractivity contribution in [3.05, 3.63) is 35.9 Å². The first-order valence-corrected chi connectivity index (χ1v) is 6.66. The zero-order chi connectivity index (χ0) is 15.5. The lowest BCUT2D eigenvalue weighted by Crippen LogP contribution is -2.41. The molecule has 0 radical (unpaired) electrons. The van der Waals surface area contributed by atoms with Crippen LogP contribution in [0, 0.1) is 0 Å². The maximum absolute atomic E-state index is 11.7. The highest BCUT2D eigenvalue weighted by molar-refractivity contribution is 5.81. The zero-order valence-electron chi connectivity index (χ0n) is 11.9. The van der Waals surface area contributed by atoms with Crippen molar-refractivity contribution in [1.82, 2.24) is 5.32 Å². The molecule has 114 valence electrons. The summed E-state index contributed by atoms with van der Waals surface area (Å²) in [7, 11) is 1.24. The Morgan fingerprint density at radius 2 is 2.00 bits per heavy atom. The van der Waals surface area contributed by atoms with Gasteiger partial charge in [0.05, 0.1) is 7.11 Å². The van der Waals surface area contributed by atoms with Gasteiger partial charge in [0.1, 0.15) is 18.9 Å². The molecule has 6 nitrogen and oxygen atoms in total. The monoisotopic (exact) mass is 293 g/mol. The number of amides is 1. The Morgan fingerprint density at radius 3 is 2.62 bits per heavy atom. The van der Waals surface area contributed by atoms with Gasteiger partial charge in [0.25, 0.3) is 0 Å². The molecule has 1 aromatic rings. The van der Waals surface area contributed by atoms with Crippen LogP contribution < -0.4 is 5.32 Å². The van der Waals surface area contributed by atoms with E-state index in [1.165, 1.54) is 7.11 Å². The molecule has 6 heteroatoms. The number of methoxy groups -OCH3 is 1. The van der Waals surface area contributed by atoms with Crippen LogP contribution in [0.3, 0.4) is 0 Å². The fraction of sp³-hybridized carbons (Fsp3) is 0.400. The van der Waals surface area contributed by atoms with Gasteiger partial charge in [0.15, 0.2) is 0 Å². The summed E-state index contributed by atoms with van der Waals surface area (Å²) in [4.78, 5) is 33.5. The van der Waals surface area contributed by atoms with Crippen molar-refractivity contribution in [2.75, 3.05) is 7.11 Å². The number of rotatable bonds is 8. The molecule has 0 spiro atoms. The zero-order valence-corrected chi connectivity index (χ0v) is 11.9. The number of hydrogen-bond donors (Lipinski definition) is 1. The van der Waals surface area contributed by atoms with Gasteiger partial charge < -0.3 is 19.6 Å². The van der Waals surface area contributed by atoms with Gasteiger partial charge >= 0.3 is 12.1 Å². The van der Waals surface area contributed by atoms with Crippen LogP contribution in [0.1, 0.15) is 24.8 Å². The Bertz CT molecular complexity index is 460. The quantitative estimate of drug-likeness (QED) is 0.449. The van der Waals surface area contributed by atoms with Crippen molar-refractivity contribution >= 4 is 18.3 Å². The molecule has 1 amide bonds. The lowest BCUT2D eigenvalue weighted by atomic mass is 10.1. The van der Waals surface area contributed by atoms with Crippen molar-refractivity contribution in [3.8, 4) is 0 Å². The summed E-state index contributed by atoms with van der Waals surface area (Å²) in [5, 5.41) is 2.45. The molecule has 0 unspecified atom stereocenters. The number of aldehydes is 1. The lowest BCUT2D eigenvalue weighted by Gasteiger charge is -2.15. The Hall–Kier alpha value is -2.37. The van der Waals surface area contributed by atoms with E-state index in [0.29, 0.717) is 19.3 Å². The molecule has 0 bridgehead atoms. The van der Waals surface area contributed by atoms with Crippen molar-refractivity contribution in [3.63, 3.8) is 0 Å². The van der Waals surface area contributed by atoms with E-state index in [1.54, 1.807) is 0 Å². The van der Waals surface area contributed by atoms with Gasteiger partial charge in [-0.05, 0) is 18.4 Å². The van der Waals surface area contributed by atoms with Gasteiger partial charge in [-0.15, -0.1) is 0 Å². The van der Waals surface area contributed by atoms with Crippen LogP contribution >= 0.6 is 0 Å². The fourth-order valence-corrected chi connectivity index (χ4v) is 1.70. The number of benzene rings is 1. The predicted molar refractivity (Wildman–Crippen MR) is 75.5 cm³/mol. The molecule has 1 atom stereocenters. The molecular formula is C15H19NO5. The summed E-state index contributed by atoms with van der Waals surface area (Å²) in [6, 6.07) is 8.40. The molecule has 0 aromatic heterocycles. The minimum Gasteiger partial charge on any atom is -0.467 e. The number of hydrogen-bond acceptors (Lipinski definition) is 5. The van der Waals surface area contributed by atoms with E-state index in [0.717, 1.165) is 11.8 Å². The van der Waals surface area contributed by atoms with Crippen LogP contribution in [-0.4, -0.2) is 31.5 Å². The van der Waals surface area contributed by atoms with Gasteiger partial charge in [-0.2, -0.15) is 0 Å². The van der Waals surface area contributed by atoms with E-state index >= 15 is 0 Å². The highest BCUT2D eigenvalue weighted by atomic mass is 16.6. The number of nitrogens with one attached hydrogen (secondary N) is 1. The molecule has 0 saturated carbocycles. The van der Waals surface area contributed by atoms with Gasteiger partial charge in [-0.3, -0.25) is 0 Å². The summed E-state index contributed by atoms with van der Waals surface area (Å²) >= 11 is 0. The molecule has 0 aliphatic rings. The maximum Gasteiger partial charge on any atom is 0.408 e. The topological polar surface area (TPSA) is 81.7 Å². The molecule has 0 fully saturated rings. The van der Waals surface area contributed by atoms with Crippen LogP contribution in [-0.2, 0) is 25.7 Å². The summed E-state index contributed by atoms with van der Waals surface area (Å²) in [6.07, 6.45) is 1.21. The largest absolute Gasteiger partial charge is 0.467 e. The van der Waals surface area contributed by atoms with Gasteiger partial charge in [-0.25, -0.2) is 9.59 Å². The molecule has 0 aliphatic carbocycles. The van der Waals surface area contributed by atoms with Crippen LogP contribution in [0.5, 0.6) is 0 Å². The second kappa shape index (κ2) is 9.52. The summed E-state index contributed by atoms with van der Waals surface area (Å²) in [5.41, 5.74) is 0.850. The van der Waals surface area contributed by atoms with Gasteiger partial charge in [0, 0.05) is 6.42 Å². The fourth-order valence-electron chi connectivity index (χ4n) is 1.70. The van der Waals surface area contributed by atoms with Crippen LogP contribution in [0.25, 0.3) is 0 Å². The number of carbonyl (C=O) groups is 3. The highest BCUT2D eigenvalue weighted by Gasteiger charge is 2.21. The smallest absolute Gasteiger partial charge is 0.408 e. The number of ether oxygens (including phenoxy) is 2. The molecule has 0 aliphatic heterocycles. The standard InChI is InChI=1S/C15H19NO5/c1-20-14(18)13(9-5-6-10-17)16-15(19)21-11-12-7-3-2-4-8-12/h2-4,7-8,10,13H,5-6,9,11H2,1H3,(H,16,19)/t13-/m0/s1. The minimum atomic E-state index is -0.807. The Labute approximate surface area is 123 Å². The van der Waals surface area contributed by atoms with E-state index in [4.69, 9.17) is 4.74 Å². The first kappa shape index (κ1) is 16.7. The average Bonchev–Trinajstić information content (AvgIpc) is 2.52. The lowest BCUT2D eigenvalue weighted by molar-refractivity contribution is -0.143. The Balaban J connectivity index is 2.43. The van der Waals surface area contributed by atoms with Crippen molar-refractivity contribution < 1.29 is 23.9 Å². The Morgan fingerprint density at radius 1 is 1.29 bits per heavy atom. The third-order valence-corrected chi connectivity index (χ3v) is 2.81. The first-order chi connectivity index (χ1) is 10.2. The molecule has 21 heavy (non-hydrogen) atoms. The molecular weight excluding hydrogens is 274 g/mol. The van der Waals surface area contributed by atoms with E-state index in [2.05, 4.69) is 10.1 Å². The normalized spacial score (nSPS) is 11.3. The van der Waals surface area contributed by atoms with E-state index in [-0.39, 0.29) is 6.61 Å². The summed E-state index contributed by atoms with van der Waals surface area (Å²) in [6.45, 7) is 0.120. The number of unbranched alkanes of at least 4 members (excludes halogenated alkanes) is 1. The van der Waals surface area contributed by atoms with E-state index in [9.17, 15) is 14.4 Å².